The number of aryl methyl sites for hydroxylation is 1. The van der Waals surface area contributed by atoms with Crippen LogP contribution < -0.4 is 10.5 Å². The van der Waals surface area contributed by atoms with E-state index in [-0.39, 0.29) is 4.90 Å². The number of benzene rings is 1. The Morgan fingerprint density at radius 1 is 1.24 bits per heavy atom. The summed E-state index contributed by atoms with van der Waals surface area (Å²) >= 11 is 1.77. The Kier molecular flexibility index (Phi) is 5.16. The van der Waals surface area contributed by atoms with Crippen molar-refractivity contribution in [2.24, 2.45) is 5.14 Å². The lowest BCUT2D eigenvalue weighted by molar-refractivity contribution is 0.582. The standard InChI is InChI=1S/C15H20N2O2S2/c1-11-8-10-20-15(11)12(2)17-9-7-13-3-5-14(6-4-13)21(16,18)19/h3-6,8,10,12,17H,7,9H2,1-2H3,(H2,16,18,19). The summed E-state index contributed by atoms with van der Waals surface area (Å²) < 4.78 is 22.4. The molecule has 2 aromatic rings. The topological polar surface area (TPSA) is 72.2 Å². The van der Waals surface area contributed by atoms with Crippen molar-refractivity contribution in [2.45, 2.75) is 31.2 Å². The molecule has 0 fully saturated rings. The zero-order chi connectivity index (χ0) is 15.5. The number of hydrogen-bond acceptors (Lipinski definition) is 4. The quantitative estimate of drug-likeness (QED) is 0.858. The lowest BCUT2D eigenvalue weighted by Crippen LogP contribution is -2.21. The van der Waals surface area contributed by atoms with Crippen LogP contribution in [-0.4, -0.2) is 15.0 Å². The predicted octanol–water partition coefficient (Wildman–Crippen LogP) is 2.60. The van der Waals surface area contributed by atoms with Crippen molar-refractivity contribution in [1.82, 2.24) is 5.32 Å². The van der Waals surface area contributed by atoms with E-state index in [0.717, 1.165) is 18.5 Å². The molecule has 4 nitrogen and oxygen atoms in total. The highest BCUT2D eigenvalue weighted by atomic mass is 32.2. The molecule has 1 aromatic heterocycles. The van der Waals surface area contributed by atoms with Gasteiger partial charge in [-0.2, -0.15) is 0 Å². The monoisotopic (exact) mass is 324 g/mol. The Bertz CT molecular complexity index is 691. The molecule has 0 saturated carbocycles. The maximum atomic E-state index is 11.2. The zero-order valence-electron chi connectivity index (χ0n) is 12.2. The molecule has 0 bridgehead atoms. The number of nitrogens with two attached hydrogens (primary N) is 1. The van der Waals surface area contributed by atoms with Crippen LogP contribution in [0.1, 0.15) is 29.0 Å². The van der Waals surface area contributed by atoms with Gasteiger partial charge in [0.2, 0.25) is 10.0 Å². The van der Waals surface area contributed by atoms with Gasteiger partial charge < -0.3 is 5.32 Å². The van der Waals surface area contributed by atoms with Crippen LogP contribution >= 0.6 is 11.3 Å². The van der Waals surface area contributed by atoms with Crippen molar-refractivity contribution in [1.29, 1.82) is 0 Å². The molecular formula is C15H20N2O2S2. The Balaban J connectivity index is 1.88. The first-order valence-electron chi connectivity index (χ1n) is 6.77. The summed E-state index contributed by atoms with van der Waals surface area (Å²) in [4.78, 5) is 1.52. The average molecular weight is 324 g/mol. The van der Waals surface area contributed by atoms with Gasteiger partial charge in [0.25, 0.3) is 0 Å². The fourth-order valence-corrected chi connectivity index (χ4v) is 3.68. The van der Waals surface area contributed by atoms with Crippen LogP contribution in [0.25, 0.3) is 0 Å². The molecule has 0 aliphatic rings. The highest BCUT2D eigenvalue weighted by Crippen LogP contribution is 2.23. The van der Waals surface area contributed by atoms with Gasteiger partial charge in [0.15, 0.2) is 0 Å². The summed E-state index contributed by atoms with van der Waals surface area (Å²) in [6.07, 6.45) is 0.847. The SMILES string of the molecule is Cc1ccsc1C(C)NCCc1ccc(S(N)(=O)=O)cc1. The minimum Gasteiger partial charge on any atom is -0.309 e. The van der Waals surface area contributed by atoms with Crippen molar-refractivity contribution in [3.05, 3.63) is 51.7 Å². The molecule has 1 heterocycles. The number of thiophene rings is 1. The van der Waals surface area contributed by atoms with E-state index >= 15 is 0 Å². The summed E-state index contributed by atoms with van der Waals surface area (Å²) in [5, 5.41) is 10.7. The van der Waals surface area contributed by atoms with E-state index in [2.05, 4.69) is 30.6 Å². The Morgan fingerprint density at radius 3 is 2.43 bits per heavy atom. The molecule has 0 aliphatic carbocycles. The van der Waals surface area contributed by atoms with Gasteiger partial charge in [-0.05, 0) is 61.5 Å². The van der Waals surface area contributed by atoms with Crippen LogP contribution in [0, 0.1) is 6.92 Å². The summed E-state index contributed by atoms with van der Waals surface area (Å²) in [5.74, 6) is 0. The van der Waals surface area contributed by atoms with Gasteiger partial charge in [0, 0.05) is 10.9 Å². The number of nitrogens with one attached hydrogen (secondary N) is 1. The molecule has 1 atom stereocenters. The molecule has 6 heteroatoms. The van der Waals surface area contributed by atoms with Crippen molar-refractivity contribution in [3.63, 3.8) is 0 Å². The highest BCUT2D eigenvalue weighted by molar-refractivity contribution is 7.89. The van der Waals surface area contributed by atoms with Crippen LogP contribution in [0.15, 0.2) is 40.6 Å². The van der Waals surface area contributed by atoms with Gasteiger partial charge in [0.1, 0.15) is 0 Å². The molecule has 0 saturated heterocycles. The first-order chi connectivity index (χ1) is 9.88. The van der Waals surface area contributed by atoms with E-state index < -0.39 is 10.0 Å². The lowest BCUT2D eigenvalue weighted by atomic mass is 10.1. The summed E-state index contributed by atoms with van der Waals surface area (Å²) in [7, 11) is -3.60. The molecular weight excluding hydrogens is 304 g/mol. The largest absolute Gasteiger partial charge is 0.309 e. The van der Waals surface area contributed by atoms with E-state index in [0.29, 0.717) is 6.04 Å². The Hall–Kier alpha value is -1.21. The second-order valence-electron chi connectivity index (χ2n) is 5.08. The third-order valence-electron chi connectivity index (χ3n) is 3.41. The molecule has 0 amide bonds. The van der Waals surface area contributed by atoms with Gasteiger partial charge in [-0.15, -0.1) is 11.3 Å². The van der Waals surface area contributed by atoms with Crippen molar-refractivity contribution >= 4 is 21.4 Å². The fourth-order valence-electron chi connectivity index (χ4n) is 2.20. The van der Waals surface area contributed by atoms with E-state index in [9.17, 15) is 8.42 Å². The van der Waals surface area contributed by atoms with Crippen LogP contribution in [0.5, 0.6) is 0 Å². The van der Waals surface area contributed by atoms with Crippen LogP contribution in [0.2, 0.25) is 0 Å². The molecule has 114 valence electrons. The second kappa shape index (κ2) is 6.70. The third-order valence-corrected chi connectivity index (χ3v) is 5.54. The van der Waals surface area contributed by atoms with E-state index in [1.165, 1.54) is 10.4 Å². The predicted molar refractivity (Wildman–Crippen MR) is 87.0 cm³/mol. The molecule has 0 radical (unpaired) electrons. The molecule has 2 rings (SSSR count). The van der Waals surface area contributed by atoms with E-state index in [1.807, 2.05) is 12.1 Å². The van der Waals surface area contributed by atoms with Gasteiger partial charge >= 0.3 is 0 Å². The maximum Gasteiger partial charge on any atom is 0.238 e. The van der Waals surface area contributed by atoms with Gasteiger partial charge in [-0.3, -0.25) is 0 Å². The molecule has 3 N–H and O–H groups in total. The van der Waals surface area contributed by atoms with E-state index in [1.54, 1.807) is 23.5 Å². The molecule has 0 spiro atoms. The molecule has 21 heavy (non-hydrogen) atoms. The number of hydrogen-bond donors (Lipinski definition) is 2. The minimum absolute atomic E-state index is 0.154. The smallest absolute Gasteiger partial charge is 0.238 e. The van der Waals surface area contributed by atoms with Gasteiger partial charge in [-0.1, -0.05) is 12.1 Å². The average Bonchev–Trinajstić information content (AvgIpc) is 2.84. The van der Waals surface area contributed by atoms with Gasteiger partial charge in [-0.25, -0.2) is 13.6 Å². The summed E-state index contributed by atoms with van der Waals surface area (Å²) in [6.45, 7) is 5.12. The van der Waals surface area contributed by atoms with E-state index in [4.69, 9.17) is 5.14 Å². The normalized spacial score (nSPS) is 13.3. The summed E-state index contributed by atoms with van der Waals surface area (Å²) in [6, 6.07) is 9.18. The summed E-state index contributed by atoms with van der Waals surface area (Å²) in [5.41, 5.74) is 2.41. The third kappa shape index (κ3) is 4.38. The van der Waals surface area contributed by atoms with Crippen LogP contribution in [0.4, 0.5) is 0 Å². The Morgan fingerprint density at radius 2 is 1.90 bits per heavy atom. The van der Waals surface area contributed by atoms with Crippen molar-refractivity contribution < 1.29 is 8.42 Å². The minimum atomic E-state index is -3.60. The first kappa shape index (κ1) is 16.2. The lowest BCUT2D eigenvalue weighted by Gasteiger charge is -2.13. The second-order valence-corrected chi connectivity index (χ2v) is 7.59. The van der Waals surface area contributed by atoms with Crippen LogP contribution in [-0.2, 0) is 16.4 Å². The molecule has 0 aliphatic heterocycles. The number of primary sulfonamides is 1. The Labute approximate surface area is 130 Å². The number of rotatable bonds is 6. The number of sulfonamides is 1. The highest BCUT2D eigenvalue weighted by Gasteiger charge is 2.09. The molecule has 1 unspecified atom stereocenters. The van der Waals surface area contributed by atoms with Crippen LogP contribution in [0.3, 0.4) is 0 Å². The van der Waals surface area contributed by atoms with Gasteiger partial charge in [0.05, 0.1) is 4.90 Å². The fraction of sp³-hybridized carbons (Fsp3) is 0.333. The first-order valence-corrected chi connectivity index (χ1v) is 9.19. The van der Waals surface area contributed by atoms with Crippen molar-refractivity contribution in [3.8, 4) is 0 Å². The van der Waals surface area contributed by atoms with Crippen molar-refractivity contribution in [2.75, 3.05) is 6.54 Å². The zero-order valence-corrected chi connectivity index (χ0v) is 13.8. The maximum absolute atomic E-state index is 11.2. The molecule has 1 aromatic carbocycles.